The first-order valence-corrected chi connectivity index (χ1v) is 7.77. The van der Waals surface area contributed by atoms with E-state index in [2.05, 4.69) is 33.8 Å². The Bertz CT molecular complexity index is 343. The number of ether oxygens (including phenoxy) is 1. The molecule has 0 radical (unpaired) electrons. The average molecular weight is 268 g/mol. The summed E-state index contributed by atoms with van der Waals surface area (Å²) in [6, 6.07) is 0. The summed E-state index contributed by atoms with van der Waals surface area (Å²) in [4.78, 5) is 0. The largest absolute Gasteiger partial charge is 0.377 e. The molecule has 0 amide bonds. The van der Waals surface area contributed by atoms with E-state index in [-0.39, 0.29) is 5.92 Å². The van der Waals surface area contributed by atoms with Gasteiger partial charge in [0.15, 0.2) is 0 Å². The lowest BCUT2D eigenvalue weighted by Crippen LogP contribution is -2.27. The quantitative estimate of drug-likeness (QED) is 0.678. The predicted molar refractivity (Wildman–Crippen MR) is 77.8 cm³/mol. The first kappa shape index (κ1) is 15.0. The zero-order chi connectivity index (χ0) is 14.2. The molecule has 4 atom stereocenters. The van der Waals surface area contributed by atoms with E-state index in [0.29, 0.717) is 36.7 Å². The molecule has 0 aromatic rings. The third kappa shape index (κ3) is 3.59. The van der Waals surface area contributed by atoms with Crippen LogP contribution in [0.4, 0.5) is 4.39 Å². The minimum atomic E-state index is -0.954. The second kappa shape index (κ2) is 5.55. The number of alkyl halides is 1. The van der Waals surface area contributed by atoms with Crippen molar-refractivity contribution in [3.05, 3.63) is 11.6 Å². The molecule has 0 spiro atoms. The average Bonchev–Trinajstić information content (AvgIpc) is 2.94. The van der Waals surface area contributed by atoms with E-state index in [1.54, 1.807) is 6.92 Å². The molecule has 2 rings (SSSR count). The fourth-order valence-electron chi connectivity index (χ4n) is 3.38. The normalized spacial score (nSPS) is 41.9. The Morgan fingerprint density at radius 1 is 1.21 bits per heavy atom. The van der Waals surface area contributed by atoms with Crippen LogP contribution in [-0.2, 0) is 4.74 Å². The molecule has 4 unspecified atom stereocenters. The monoisotopic (exact) mass is 268 g/mol. The maximum absolute atomic E-state index is 13.7. The van der Waals surface area contributed by atoms with Crippen molar-refractivity contribution >= 4 is 0 Å². The predicted octanol–water partition coefficient (Wildman–Crippen LogP) is 4.63. The SMILES string of the molecule is CC(C)C1COC/C(=C\C2CC2(C)F)CC1C(C)C. The summed E-state index contributed by atoms with van der Waals surface area (Å²) in [7, 11) is 0. The van der Waals surface area contributed by atoms with Crippen LogP contribution in [0.2, 0.25) is 0 Å². The molecule has 1 saturated heterocycles. The van der Waals surface area contributed by atoms with Crippen LogP contribution in [0, 0.1) is 29.6 Å². The molecule has 0 aromatic carbocycles. The smallest absolute Gasteiger partial charge is 0.115 e. The van der Waals surface area contributed by atoms with Gasteiger partial charge < -0.3 is 4.74 Å². The Morgan fingerprint density at radius 3 is 2.26 bits per heavy atom. The first-order chi connectivity index (χ1) is 8.81. The maximum Gasteiger partial charge on any atom is 0.115 e. The highest BCUT2D eigenvalue weighted by Crippen LogP contribution is 2.49. The van der Waals surface area contributed by atoms with Crippen LogP contribution in [0.15, 0.2) is 11.6 Å². The minimum absolute atomic E-state index is 0.134. The molecule has 1 nitrogen and oxygen atoms in total. The third-order valence-electron chi connectivity index (χ3n) is 5.03. The van der Waals surface area contributed by atoms with Crippen LogP contribution in [0.5, 0.6) is 0 Å². The molecule has 1 aliphatic carbocycles. The Labute approximate surface area is 117 Å². The van der Waals surface area contributed by atoms with Crippen molar-refractivity contribution in [2.45, 2.75) is 53.1 Å². The minimum Gasteiger partial charge on any atom is -0.377 e. The number of hydrogen-bond donors (Lipinski definition) is 0. The number of halogens is 1. The van der Waals surface area contributed by atoms with E-state index in [9.17, 15) is 4.39 Å². The second-order valence-corrected chi connectivity index (χ2v) is 7.45. The van der Waals surface area contributed by atoms with Gasteiger partial charge in [-0.1, -0.05) is 33.8 Å². The lowest BCUT2D eigenvalue weighted by atomic mass is 9.75. The van der Waals surface area contributed by atoms with E-state index in [1.165, 1.54) is 5.57 Å². The van der Waals surface area contributed by atoms with Crippen LogP contribution in [0.3, 0.4) is 0 Å². The highest BCUT2D eigenvalue weighted by atomic mass is 19.1. The van der Waals surface area contributed by atoms with E-state index in [1.807, 2.05) is 0 Å². The Kier molecular flexibility index (Phi) is 4.39. The molecular formula is C17H29FO. The van der Waals surface area contributed by atoms with Crippen molar-refractivity contribution in [1.29, 1.82) is 0 Å². The Balaban J connectivity index is 2.09. The van der Waals surface area contributed by atoms with Crippen molar-refractivity contribution in [1.82, 2.24) is 0 Å². The van der Waals surface area contributed by atoms with Crippen molar-refractivity contribution in [3.63, 3.8) is 0 Å². The molecule has 2 aliphatic rings. The van der Waals surface area contributed by atoms with Gasteiger partial charge in [0, 0.05) is 5.92 Å². The molecule has 1 heterocycles. The van der Waals surface area contributed by atoms with Gasteiger partial charge in [-0.15, -0.1) is 0 Å². The van der Waals surface area contributed by atoms with Gasteiger partial charge in [0.25, 0.3) is 0 Å². The first-order valence-electron chi connectivity index (χ1n) is 7.77. The number of allylic oxidation sites excluding steroid dienone is 1. The zero-order valence-corrected chi connectivity index (χ0v) is 13.1. The van der Waals surface area contributed by atoms with Crippen LogP contribution in [-0.4, -0.2) is 18.9 Å². The summed E-state index contributed by atoms with van der Waals surface area (Å²) >= 11 is 0. The molecule has 0 bridgehead atoms. The van der Waals surface area contributed by atoms with Gasteiger partial charge in [-0.3, -0.25) is 0 Å². The van der Waals surface area contributed by atoms with Gasteiger partial charge in [-0.05, 0) is 49.0 Å². The Morgan fingerprint density at radius 2 is 1.79 bits per heavy atom. The molecule has 110 valence electrons. The van der Waals surface area contributed by atoms with E-state index in [4.69, 9.17) is 4.74 Å². The van der Waals surface area contributed by atoms with Crippen LogP contribution in [0.25, 0.3) is 0 Å². The van der Waals surface area contributed by atoms with Crippen molar-refractivity contribution in [2.24, 2.45) is 29.6 Å². The van der Waals surface area contributed by atoms with E-state index in [0.717, 1.165) is 13.0 Å². The molecule has 1 aliphatic heterocycles. The van der Waals surface area contributed by atoms with Gasteiger partial charge in [0.05, 0.1) is 13.2 Å². The third-order valence-corrected chi connectivity index (χ3v) is 5.03. The molecule has 19 heavy (non-hydrogen) atoms. The van der Waals surface area contributed by atoms with Gasteiger partial charge in [-0.25, -0.2) is 4.39 Å². The lowest BCUT2D eigenvalue weighted by Gasteiger charge is -2.30. The summed E-state index contributed by atoms with van der Waals surface area (Å²) in [5.41, 5.74) is 0.373. The summed E-state index contributed by atoms with van der Waals surface area (Å²) in [6.45, 7) is 12.5. The van der Waals surface area contributed by atoms with E-state index >= 15 is 0 Å². The molecular weight excluding hydrogens is 239 g/mol. The van der Waals surface area contributed by atoms with Crippen LogP contribution < -0.4 is 0 Å². The fraction of sp³-hybridized carbons (Fsp3) is 0.882. The summed E-state index contributed by atoms with van der Waals surface area (Å²) in [5.74, 6) is 2.74. The van der Waals surface area contributed by atoms with Crippen molar-refractivity contribution in [3.8, 4) is 0 Å². The molecule has 0 N–H and O–H groups in total. The van der Waals surface area contributed by atoms with Gasteiger partial charge in [-0.2, -0.15) is 0 Å². The number of hydrogen-bond acceptors (Lipinski definition) is 1. The van der Waals surface area contributed by atoms with Gasteiger partial charge in [0.1, 0.15) is 5.67 Å². The van der Waals surface area contributed by atoms with Gasteiger partial charge >= 0.3 is 0 Å². The van der Waals surface area contributed by atoms with Crippen LogP contribution >= 0.6 is 0 Å². The highest BCUT2D eigenvalue weighted by molar-refractivity contribution is 5.18. The topological polar surface area (TPSA) is 9.23 Å². The zero-order valence-electron chi connectivity index (χ0n) is 13.1. The fourth-order valence-corrected chi connectivity index (χ4v) is 3.38. The highest BCUT2D eigenvalue weighted by Gasteiger charge is 2.49. The Hall–Kier alpha value is -0.370. The van der Waals surface area contributed by atoms with Gasteiger partial charge in [0.2, 0.25) is 0 Å². The molecule has 2 fully saturated rings. The molecule has 0 aromatic heterocycles. The van der Waals surface area contributed by atoms with E-state index < -0.39 is 5.67 Å². The molecule has 1 saturated carbocycles. The van der Waals surface area contributed by atoms with Crippen LogP contribution in [0.1, 0.15) is 47.5 Å². The number of rotatable bonds is 3. The summed E-state index contributed by atoms with van der Waals surface area (Å²) in [6.07, 6.45) is 3.95. The van der Waals surface area contributed by atoms with Crippen molar-refractivity contribution in [2.75, 3.05) is 13.2 Å². The molecule has 2 heteroatoms. The second-order valence-electron chi connectivity index (χ2n) is 7.45. The lowest BCUT2D eigenvalue weighted by molar-refractivity contribution is 0.0768. The maximum atomic E-state index is 13.7. The summed E-state index contributed by atoms with van der Waals surface area (Å²) < 4.78 is 19.6. The standard InChI is InChI=1S/C17H29FO/c1-11(2)15-7-13(6-14-8-17(14,5)18)9-19-10-16(15)12(3)4/h6,11-12,14-16H,7-10H2,1-5H3/b13-6-. The van der Waals surface area contributed by atoms with Crippen molar-refractivity contribution < 1.29 is 9.13 Å². The summed E-state index contributed by atoms with van der Waals surface area (Å²) in [5, 5.41) is 0.